The second-order valence-electron chi connectivity index (χ2n) is 8.97. The summed E-state index contributed by atoms with van der Waals surface area (Å²) in [4.78, 5) is 35.8. The van der Waals surface area contributed by atoms with Gasteiger partial charge in [0.1, 0.15) is 17.7 Å². The van der Waals surface area contributed by atoms with Crippen LogP contribution in [0.3, 0.4) is 0 Å². The minimum Gasteiger partial charge on any atom is -0.490 e. The van der Waals surface area contributed by atoms with Crippen LogP contribution in [0.5, 0.6) is 5.75 Å². The molecule has 0 unspecified atom stereocenters. The molecule has 2 saturated heterocycles. The third kappa shape index (κ3) is 9.73. The number of aliphatic hydroxyl groups is 2. The lowest BCUT2D eigenvalue weighted by atomic mass is 10.1. The van der Waals surface area contributed by atoms with Crippen LogP contribution in [0.4, 0.5) is 4.39 Å². The molecule has 1 aromatic rings. The molecular weight excluding hydrogens is 491 g/mol. The molecule has 0 saturated carbocycles. The van der Waals surface area contributed by atoms with Crippen molar-refractivity contribution in [2.24, 2.45) is 0 Å². The van der Waals surface area contributed by atoms with E-state index < -0.39 is 24.1 Å². The first kappa shape index (κ1) is 30.2. The zero-order chi connectivity index (χ0) is 27.5. The van der Waals surface area contributed by atoms with Crippen LogP contribution in [0.2, 0.25) is 0 Å². The summed E-state index contributed by atoms with van der Waals surface area (Å²) in [7, 11) is 0. The molecule has 2 fully saturated rings. The lowest BCUT2D eigenvalue weighted by molar-refractivity contribution is -0.165. The molecule has 3 rings (SSSR count). The average molecular weight is 527 g/mol. The number of carboxylic acid groups (broad SMARTS) is 2. The summed E-state index contributed by atoms with van der Waals surface area (Å²) in [6.07, 6.45) is 0.452. The normalized spacial score (nSPS) is 18.7. The number of benzene rings is 1. The predicted molar refractivity (Wildman–Crippen MR) is 130 cm³/mol. The number of halogens is 1. The quantitative estimate of drug-likeness (QED) is 0.358. The van der Waals surface area contributed by atoms with Crippen LogP contribution in [0.1, 0.15) is 32.3 Å². The lowest BCUT2D eigenvalue weighted by Crippen LogP contribution is -2.41. The summed E-state index contributed by atoms with van der Waals surface area (Å²) < 4.78 is 25.6. The Morgan fingerprint density at radius 3 is 2.08 bits per heavy atom. The Labute approximate surface area is 214 Å². The Kier molecular flexibility index (Phi) is 11.9. The predicted octanol–water partition coefficient (Wildman–Crippen LogP) is 0.827. The van der Waals surface area contributed by atoms with E-state index in [0.29, 0.717) is 43.7 Å². The monoisotopic (exact) mass is 526 g/mol. The molecule has 206 valence electrons. The fraction of sp³-hybridized carbons (Fsp3) is 0.560. The van der Waals surface area contributed by atoms with Gasteiger partial charge in [-0.25, -0.2) is 14.0 Å². The Balaban J connectivity index is 0.000000410. The van der Waals surface area contributed by atoms with Crippen LogP contribution in [0.15, 0.2) is 24.3 Å². The Morgan fingerprint density at radius 1 is 1.03 bits per heavy atom. The number of carboxylic acids is 2. The van der Waals surface area contributed by atoms with Crippen molar-refractivity contribution in [3.05, 3.63) is 35.7 Å². The van der Waals surface area contributed by atoms with Crippen molar-refractivity contribution in [2.45, 2.75) is 51.0 Å². The number of likely N-dealkylation sites (tertiary alicyclic amines) is 1. The van der Waals surface area contributed by atoms with E-state index in [1.54, 1.807) is 17.0 Å². The fourth-order valence-corrected chi connectivity index (χ4v) is 3.74. The number of nitrogens with zero attached hydrogens (tertiary/aromatic N) is 2. The van der Waals surface area contributed by atoms with Crippen LogP contribution in [-0.2, 0) is 19.1 Å². The van der Waals surface area contributed by atoms with Gasteiger partial charge in [-0.3, -0.25) is 4.79 Å². The third-order valence-electron chi connectivity index (χ3n) is 6.01. The summed E-state index contributed by atoms with van der Waals surface area (Å²) >= 11 is 0. The largest absolute Gasteiger partial charge is 0.490 e. The van der Waals surface area contributed by atoms with Gasteiger partial charge >= 0.3 is 11.9 Å². The Bertz CT molecular complexity index is 924. The van der Waals surface area contributed by atoms with Gasteiger partial charge in [-0.2, -0.15) is 0 Å². The lowest BCUT2D eigenvalue weighted by Gasteiger charge is -2.34. The molecule has 2 aliphatic heterocycles. The molecule has 0 aromatic heterocycles. The van der Waals surface area contributed by atoms with Crippen molar-refractivity contribution in [1.82, 2.24) is 9.80 Å². The van der Waals surface area contributed by atoms with E-state index in [4.69, 9.17) is 29.9 Å². The minimum absolute atomic E-state index is 0.116. The highest BCUT2D eigenvalue weighted by Crippen LogP contribution is 2.23. The summed E-state index contributed by atoms with van der Waals surface area (Å²) in [5.74, 6) is -3.48. The number of carbonyl (C=O) groups excluding carboxylic acids is 1. The summed E-state index contributed by atoms with van der Waals surface area (Å²) in [6, 6.07) is 5.40. The second-order valence-corrected chi connectivity index (χ2v) is 8.97. The van der Waals surface area contributed by atoms with E-state index in [-0.39, 0.29) is 17.8 Å². The number of morpholine rings is 1. The van der Waals surface area contributed by atoms with E-state index in [1.807, 2.05) is 0 Å². The number of ether oxygens (including phenoxy) is 2. The van der Waals surface area contributed by atoms with Gasteiger partial charge in [-0.1, -0.05) is 0 Å². The second kappa shape index (κ2) is 14.6. The molecule has 1 amide bonds. The topological polar surface area (TPSA) is 157 Å². The zero-order valence-corrected chi connectivity index (χ0v) is 21.0. The van der Waals surface area contributed by atoms with Gasteiger partial charge in [0.25, 0.3) is 0 Å². The summed E-state index contributed by atoms with van der Waals surface area (Å²) in [6.45, 7) is 8.68. The van der Waals surface area contributed by atoms with E-state index in [1.165, 1.54) is 18.2 Å². The van der Waals surface area contributed by atoms with Gasteiger partial charge in [0.15, 0.2) is 12.2 Å². The maximum atomic E-state index is 14.4. The molecule has 37 heavy (non-hydrogen) atoms. The van der Waals surface area contributed by atoms with Gasteiger partial charge < -0.3 is 39.7 Å². The van der Waals surface area contributed by atoms with Crippen LogP contribution < -0.4 is 4.74 Å². The SMILES string of the molecule is CC(C)N1CCC(Oc2ccc(/C=C/C(=O)N3CCOCC3)c(F)c2)CC1.O=C(O)[C@H](O)[C@@H](O)C(=O)O. The van der Waals surface area contributed by atoms with Gasteiger partial charge in [0.05, 0.1) is 13.2 Å². The fourth-order valence-electron chi connectivity index (χ4n) is 3.74. The molecule has 0 aliphatic carbocycles. The standard InChI is InChI=1S/C21H29FN2O3.C4H6O6/c1-16(2)23-9-7-18(8-10-23)27-19-5-3-17(20(22)15-19)4-6-21(25)24-11-13-26-14-12-24;5-1(3(7)8)2(6)4(9)10/h3-6,15-16,18H,7-14H2,1-2H3;1-2,5-6H,(H,7,8)(H,9,10)/b6-4+;/t;1-,2-/m.1/s1. The van der Waals surface area contributed by atoms with E-state index >= 15 is 0 Å². The molecule has 1 aromatic carbocycles. The molecule has 2 aliphatic rings. The summed E-state index contributed by atoms with van der Waals surface area (Å²) in [5.41, 5.74) is 0.388. The first-order valence-electron chi connectivity index (χ1n) is 12.1. The summed E-state index contributed by atoms with van der Waals surface area (Å²) in [5, 5.41) is 32.5. The van der Waals surface area contributed by atoms with Gasteiger partial charge in [0, 0.05) is 49.9 Å². The van der Waals surface area contributed by atoms with Crippen LogP contribution >= 0.6 is 0 Å². The highest BCUT2D eigenvalue weighted by Gasteiger charge is 2.29. The molecule has 0 bridgehead atoms. The average Bonchev–Trinajstić information content (AvgIpc) is 2.88. The number of hydrogen-bond donors (Lipinski definition) is 4. The van der Waals surface area contributed by atoms with Gasteiger partial charge in [0.2, 0.25) is 5.91 Å². The van der Waals surface area contributed by atoms with Crippen molar-refractivity contribution in [3.63, 3.8) is 0 Å². The number of piperidine rings is 1. The first-order chi connectivity index (χ1) is 17.5. The molecule has 2 heterocycles. The zero-order valence-electron chi connectivity index (χ0n) is 21.0. The maximum absolute atomic E-state index is 14.4. The van der Waals surface area contributed by atoms with E-state index in [0.717, 1.165) is 25.9 Å². The van der Waals surface area contributed by atoms with Gasteiger partial charge in [-0.15, -0.1) is 0 Å². The highest BCUT2D eigenvalue weighted by atomic mass is 19.1. The number of hydrogen-bond acceptors (Lipinski definition) is 8. The molecule has 0 spiro atoms. The van der Waals surface area contributed by atoms with Crippen molar-refractivity contribution in [2.75, 3.05) is 39.4 Å². The number of carbonyl (C=O) groups is 3. The molecule has 2 atom stereocenters. The van der Waals surface area contributed by atoms with Crippen LogP contribution in [0.25, 0.3) is 6.08 Å². The molecule has 0 radical (unpaired) electrons. The van der Waals surface area contributed by atoms with E-state index in [9.17, 15) is 18.8 Å². The number of amides is 1. The molecular formula is C25H35FN2O9. The van der Waals surface area contributed by atoms with Crippen molar-refractivity contribution in [1.29, 1.82) is 0 Å². The highest BCUT2D eigenvalue weighted by molar-refractivity contribution is 5.91. The van der Waals surface area contributed by atoms with Crippen molar-refractivity contribution < 1.29 is 48.7 Å². The smallest absolute Gasteiger partial charge is 0.335 e. The van der Waals surface area contributed by atoms with Crippen molar-refractivity contribution in [3.8, 4) is 5.75 Å². The Morgan fingerprint density at radius 2 is 1.59 bits per heavy atom. The molecule has 12 heteroatoms. The van der Waals surface area contributed by atoms with E-state index in [2.05, 4.69) is 18.7 Å². The minimum atomic E-state index is -2.27. The van der Waals surface area contributed by atoms with Crippen molar-refractivity contribution >= 4 is 23.9 Å². The molecule has 4 N–H and O–H groups in total. The van der Waals surface area contributed by atoms with Crippen LogP contribution in [-0.4, -0.2) is 112 Å². The van der Waals surface area contributed by atoms with Gasteiger partial charge in [-0.05, 0) is 44.9 Å². The number of aliphatic carboxylic acids is 2. The van der Waals surface area contributed by atoms with Crippen LogP contribution in [0, 0.1) is 5.82 Å². The maximum Gasteiger partial charge on any atom is 0.335 e. The Hall–Kier alpha value is -3.06. The number of rotatable bonds is 8. The third-order valence-corrected chi connectivity index (χ3v) is 6.01. The molecule has 11 nitrogen and oxygen atoms in total. The number of aliphatic hydroxyl groups excluding tert-OH is 2. The first-order valence-corrected chi connectivity index (χ1v) is 12.1.